The summed E-state index contributed by atoms with van der Waals surface area (Å²) < 4.78 is 5.69. The lowest BCUT2D eigenvalue weighted by Gasteiger charge is -2.07. The van der Waals surface area contributed by atoms with Crippen molar-refractivity contribution in [3.05, 3.63) is 65.2 Å². The minimum absolute atomic E-state index is 0.201. The van der Waals surface area contributed by atoms with Gasteiger partial charge in [0.25, 0.3) is 0 Å². The Bertz CT molecular complexity index is 695. The molecule has 3 nitrogen and oxygen atoms in total. The number of unbranched alkanes of at least 4 members (excludes halogenated alkanes) is 3. The Morgan fingerprint density at radius 2 is 1.84 bits per heavy atom. The topological polar surface area (TPSA) is 38.3 Å². The molecule has 0 spiro atoms. The lowest BCUT2D eigenvalue weighted by molar-refractivity contribution is -0.111. The second-order valence-electron chi connectivity index (χ2n) is 5.78. The molecule has 0 saturated carbocycles. The van der Waals surface area contributed by atoms with Gasteiger partial charge in [0.05, 0.1) is 6.61 Å². The minimum Gasteiger partial charge on any atom is -0.494 e. The zero-order valence-corrected chi connectivity index (χ0v) is 15.3. The molecule has 0 unspecified atom stereocenters. The molecule has 0 radical (unpaired) electrons. The van der Waals surface area contributed by atoms with Crippen molar-refractivity contribution in [1.82, 2.24) is 0 Å². The minimum atomic E-state index is -0.201. The van der Waals surface area contributed by atoms with Gasteiger partial charge in [-0.15, -0.1) is 0 Å². The average Bonchev–Trinajstić information content (AvgIpc) is 2.62. The van der Waals surface area contributed by atoms with E-state index in [-0.39, 0.29) is 5.91 Å². The highest BCUT2D eigenvalue weighted by molar-refractivity contribution is 6.32. The molecule has 2 rings (SSSR count). The molecule has 0 saturated heterocycles. The molecular formula is C21H24ClNO2. The van der Waals surface area contributed by atoms with Gasteiger partial charge in [-0.2, -0.15) is 0 Å². The summed E-state index contributed by atoms with van der Waals surface area (Å²) in [6, 6.07) is 14.8. The molecule has 2 aromatic carbocycles. The number of nitrogens with one attached hydrogen (secondary N) is 1. The number of carbonyl (C=O) groups excluding carboxylic acids is 1. The van der Waals surface area contributed by atoms with Crippen molar-refractivity contribution in [2.24, 2.45) is 0 Å². The van der Waals surface area contributed by atoms with Crippen LogP contribution in [0, 0.1) is 0 Å². The first-order valence-corrected chi connectivity index (χ1v) is 9.03. The zero-order valence-electron chi connectivity index (χ0n) is 14.5. The van der Waals surface area contributed by atoms with E-state index in [1.165, 1.54) is 25.3 Å². The van der Waals surface area contributed by atoms with Crippen LogP contribution < -0.4 is 10.1 Å². The summed E-state index contributed by atoms with van der Waals surface area (Å²) in [7, 11) is 0. The molecule has 0 aromatic heterocycles. The van der Waals surface area contributed by atoms with Crippen LogP contribution in [-0.2, 0) is 4.79 Å². The summed E-state index contributed by atoms with van der Waals surface area (Å²) >= 11 is 6.06. The summed E-state index contributed by atoms with van der Waals surface area (Å²) in [6.45, 7) is 2.92. The number of ether oxygens (including phenoxy) is 1. The summed E-state index contributed by atoms with van der Waals surface area (Å²) in [5.74, 6) is 0.620. The van der Waals surface area contributed by atoms with E-state index in [0.29, 0.717) is 5.02 Å². The molecule has 0 bridgehead atoms. The predicted octanol–water partition coefficient (Wildman–Crippen LogP) is 5.95. The van der Waals surface area contributed by atoms with Crippen LogP contribution in [0.2, 0.25) is 5.02 Å². The maximum atomic E-state index is 12.0. The third-order valence-corrected chi connectivity index (χ3v) is 4.05. The van der Waals surface area contributed by atoms with Crippen molar-refractivity contribution in [3.8, 4) is 5.75 Å². The van der Waals surface area contributed by atoms with Crippen molar-refractivity contribution < 1.29 is 9.53 Å². The maximum Gasteiger partial charge on any atom is 0.248 e. The molecule has 0 aliphatic rings. The van der Waals surface area contributed by atoms with Crippen LogP contribution in [0.4, 0.5) is 5.69 Å². The highest BCUT2D eigenvalue weighted by atomic mass is 35.5. The molecule has 1 amide bonds. The highest BCUT2D eigenvalue weighted by Gasteiger charge is 2.00. The van der Waals surface area contributed by atoms with Gasteiger partial charge in [-0.3, -0.25) is 4.79 Å². The van der Waals surface area contributed by atoms with E-state index in [4.69, 9.17) is 16.3 Å². The van der Waals surface area contributed by atoms with E-state index >= 15 is 0 Å². The van der Waals surface area contributed by atoms with E-state index < -0.39 is 0 Å². The van der Waals surface area contributed by atoms with Crippen molar-refractivity contribution >= 4 is 29.3 Å². The molecule has 1 N–H and O–H groups in total. The third-order valence-electron chi connectivity index (χ3n) is 3.71. The first-order valence-electron chi connectivity index (χ1n) is 8.65. The van der Waals surface area contributed by atoms with Crippen LogP contribution in [0.3, 0.4) is 0 Å². The standard InChI is InChI=1S/C21H24ClNO2/c1-2-3-4-7-16-25-19-13-11-18(12-14-19)23-21(24)15-10-17-8-5-6-9-20(17)22/h5-6,8-15H,2-4,7,16H2,1H3,(H,23,24). The second kappa shape index (κ2) is 10.6. The highest BCUT2D eigenvalue weighted by Crippen LogP contribution is 2.18. The molecule has 0 aliphatic carbocycles. The Morgan fingerprint density at radius 3 is 2.56 bits per heavy atom. The molecular weight excluding hydrogens is 334 g/mol. The quantitative estimate of drug-likeness (QED) is 0.444. The smallest absolute Gasteiger partial charge is 0.248 e. The molecule has 4 heteroatoms. The molecule has 0 atom stereocenters. The fourth-order valence-electron chi connectivity index (χ4n) is 2.31. The Hall–Kier alpha value is -2.26. The molecule has 0 fully saturated rings. The van der Waals surface area contributed by atoms with Gasteiger partial charge >= 0.3 is 0 Å². The number of hydrogen-bond acceptors (Lipinski definition) is 2. The van der Waals surface area contributed by atoms with Crippen LogP contribution in [-0.4, -0.2) is 12.5 Å². The number of hydrogen-bond donors (Lipinski definition) is 1. The van der Waals surface area contributed by atoms with Gasteiger partial charge < -0.3 is 10.1 Å². The number of carbonyl (C=O) groups is 1. The fraction of sp³-hybridized carbons (Fsp3) is 0.286. The monoisotopic (exact) mass is 357 g/mol. The van der Waals surface area contributed by atoms with Gasteiger partial charge in [0.15, 0.2) is 0 Å². The SMILES string of the molecule is CCCCCCOc1ccc(NC(=O)C=Cc2ccccc2Cl)cc1. The predicted molar refractivity (Wildman–Crippen MR) is 105 cm³/mol. The molecule has 132 valence electrons. The van der Waals surface area contributed by atoms with Gasteiger partial charge in [-0.25, -0.2) is 0 Å². The average molecular weight is 358 g/mol. The number of benzene rings is 2. The van der Waals surface area contributed by atoms with Crippen LogP contribution >= 0.6 is 11.6 Å². The molecule has 2 aromatic rings. The summed E-state index contributed by atoms with van der Waals surface area (Å²) in [4.78, 5) is 12.0. The number of halogens is 1. The normalized spacial score (nSPS) is 10.8. The Labute approximate surface area is 154 Å². The van der Waals surface area contributed by atoms with Crippen LogP contribution in [0.25, 0.3) is 6.08 Å². The van der Waals surface area contributed by atoms with Crippen molar-refractivity contribution in [3.63, 3.8) is 0 Å². The van der Waals surface area contributed by atoms with Gasteiger partial charge in [0, 0.05) is 16.8 Å². The zero-order chi connectivity index (χ0) is 17.9. The van der Waals surface area contributed by atoms with Gasteiger partial charge in [-0.05, 0) is 48.4 Å². The number of rotatable bonds is 9. The van der Waals surface area contributed by atoms with Gasteiger partial charge in [-0.1, -0.05) is 56.0 Å². The first kappa shape index (κ1) is 19.1. The van der Waals surface area contributed by atoms with E-state index in [1.807, 2.05) is 42.5 Å². The van der Waals surface area contributed by atoms with E-state index in [2.05, 4.69) is 12.2 Å². The summed E-state index contributed by atoms with van der Waals surface area (Å²) in [5.41, 5.74) is 1.54. The van der Waals surface area contributed by atoms with Gasteiger partial charge in [0.1, 0.15) is 5.75 Å². The lowest BCUT2D eigenvalue weighted by Crippen LogP contribution is -2.07. The largest absolute Gasteiger partial charge is 0.494 e. The summed E-state index contributed by atoms with van der Waals surface area (Å²) in [5, 5.41) is 3.44. The van der Waals surface area contributed by atoms with Crippen LogP contribution in [0.5, 0.6) is 5.75 Å². The first-order chi connectivity index (χ1) is 12.2. The molecule has 0 aliphatic heterocycles. The van der Waals surface area contributed by atoms with Crippen molar-refractivity contribution in [2.75, 3.05) is 11.9 Å². The van der Waals surface area contributed by atoms with E-state index in [1.54, 1.807) is 12.1 Å². The van der Waals surface area contributed by atoms with Gasteiger partial charge in [0.2, 0.25) is 5.91 Å². The molecule has 0 heterocycles. The van der Waals surface area contributed by atoms with E-state index in [0.717, 1.165) is 30.0 Å². The Balaban J connectivity index is 1.80. The fourth-order valence-corrected chi connectivity index (χ4v) is 2.51. The van der Waals surface area contributed by atoms with E-state index in [9.17, 15) is 4.79 Å². The third kappa shape index (κ3) is 7.02. The second-order valence-corrected chi connectivity index (χ2v) is 6.18. The summed E-state index contributed by atoms with van der Waals surface area (Å²) in [6.07, 6.45) is 7.90. The Kier molecular flexibility index (Phi) is 8.06. The van der Waals surface area contributed by atoms with Crippen molar-refractivity contribution in [1.29, 1.82) is 0 Å². The van der Waals surface area contributed by atoms with Crippen LogP contribution in [0.15, 0.2) is 54.6 Å². The number of amides is 1. The van der Waals surface area contributed by atoms with Crippen molar-refractivity contribution in [2.45, 2.75) is 32.6 Å². The molecule has 25 heavy (non-hydrogen) atoms. The maximum absolute atomic E-state index is 12.0. The number of anilines is 1. The lowest BCUT2D eigenvalue weighted by atomic mass is 10.2. The Morgan fingerprint density at radius 1 is 1.08 bits per heavy atom. The van der Waals surface area contributed by atoms with Crippen LogP contribution in [0.1, 0.15) is 38.2 Å².